The average Bonchev–Trinajstić information content (AvgIpc) is 3.29. The molecule has 0 unspecified atom stereocenters. The monoisotopic (exact) mass is 366 g/mol. The molecular formula is C18H18N6OS. The number of hydrogen-bond donors (Lipinski definition) is 0. The van der Waals surface area contributed by atoms with E-state index >= 15 is 0 Å². The van der Waals surface area contributed by atoms with Crippen LogP contribution in [0.25, 0.3) is 16.7 Å². The number of para-hydroxylation sites is 3. The number of thioether (sulfide) groups is 1. The highest BCUT2D eigenvalue weighted by Gasteiger charge is 2.14. The van der Waals surface area contributed by atoms with Crippen molar-refractivity contribution in [3.05, 3.63) is 60.4 Å². The number of hydrogen-bond acceptors (Lipinski definition) is 6. The Morgan fingerprint density at radius 1 is 1.04 bits per heavy atom. The Kier molecular flexibility index (Phi) is 4.94. The molecular weight excluding hydrogens is 348 g/mol. The Bertz CT molecular complexity index is 997. The molecule has 0 aliphatic rings. The number of methoxy groups -OCH3 is 1. The molecule has 8 heteroatoms. The van der Waals surface area contributed by atoms with E-state index < -0.39 is 0 Å². The number of nitrogens with zero attached hydrogens (tertiary/aromatic N) is 6. The Morgan fingerprint density at radius 2 is 1.85 bits per heavy atom. The van der Waals surface area contributed by atoms with Crippen molar-refractivity contribution in [2.24, 2.45) is 0 Å². The van der Waals surface area contributed by atoms with E-state index in [0.29, 0.717) is 12.4 Å². The first-order valence-electron chi connectivity index (χ1n) is 8.26. The van der Waals surface area contributed by atoms with Crippen molar-refractivity contribution >= 4 is 22.8 Å². The average molecular weight is 366 g/mol. The minimum atomic E-state index is 0.623. The zero-order valence-corrected chi connectivity index (χ0v) is 15.1. The van der Waals surface area contributed by atoms with Gasteiger partial charge in [0.1, 0.15) is 0 Å². The summed E-state index contributed by atoms with van der Waals surface area (Å²) in [6.07, 6.45) is 0. The second-order valence-corrected chi connectivity index (χ2v) is 6.60. The number of tetrazole rings is 1. The van der Waals surface area contributed by atoms with Gasteiger partial charge in [0.2, 0.25) is 0 Å². The fourth-order valence-electron chi connectivity index (χ4n) is 2.76. The van der Waals surface area contributed by atoms with Crippen LogP contribution in [0.5, 0.6) is 0 Å². The maximum atomic E-state index is 5.25. The lowest BCUT2D eigenvalue weighted by atomic mass is 10.3. The van der Waals surface area contributed by atoms with Crippen LogP contribution in [0.3, 0.4) is 0 Å². The van der Waals surface area contributed by atoms with Gasteiger partial charge in [-0.05, 0) is 34.7 Å². The first-order valence-corrected chi connectivity index (χ1v) is 9.25. The lowest BCUT2D eigenvalue weighted by Gasteiger charge is -2.08. The molecule has 0 aliphatic heterocycles. The third-order valence-corrected chi connectivity index (χ3v) is 4.98. The molecule has 0 amide bonds. The van der Waals surface area contributed by atoms with E-state index in [1.54, 1.807) is 23.6 Å². The van der Waals surface area contributed by atoms with Crippen molar-refractivity contribution in [2.75, 3.05) is 13.7 Å². The van der Waals surface area contributed by atoms with Gasteiger partial charge >= 0.3 is 0 Å². The van der Waals surface area contributed by atoms with Gasteiger partial charge in [0.15, 0.2) is 11.0 Å². The third kappa shape index (κ3) is 3.33. The molecule has 0 N–H and O–H groups in total. The molecule has 0 saturated carbocycles. The number of benzene rings is 2. The molecule has 4 rings (SSSR count). The molecule has 2 heterocycles. The van der Waals surface area contributed by atoms with Gasteiger partial charge in [0.25, 0.3) is 0 Å². The summed E-state index contributed by atoms with van der Waals surface area (Å²) in [4.78, 5) is 4.76. The molecule has 0 bridgehead atoms. The van der Waals surface area contributed by atoms with Crippen LogP contribution < -0.4 is 0 Å². The van der Waals surface area contributed by atoms with Gasteiger partial charge in [0, 0.05) is 13.7 Å². The zero-order chi connectivity index (χ0) is 17.8. The molecule has 0 radical (unpaired) electrons. The van der Waals surface area contributed by atoms with E-state index in [1.165, 1.54) is 0 Å². The molecule has 7 nitrogen and oxygen atoms in total. The summed E-state index contributed by atoms with van der Waals surface area (Å²) in [6, 6.07) is 18.0. The largest absolute Gasteiger partial charge is 0.383 e. The Labute approximate surface area is 155 Å². The fourth-order valence-corrected chi connectivity index (χ4v) is 3.70. The minimum Gasteiger partial charge on any atom is -0.383 e. The Balaban J connectivity index is 1.60. The van der Waals surface area contributed by atoms with Crippen molar-refractivity contribution < 1.29 is 4.74 Å². The molecule has 132 valence electrons. The number of rotatable bonds is 7. The predicted molar refractivity (Wildman–Crippen MR) is 100 cm³/mol. The summed E-state index contributed by atoms with van der Waals surface area (Å²) in [7, 11) is 1.71. The summed E-state index contributed by atoms with van der Waals surface area (Å²) in [5.74, 6) is 1.41. The van der Waals surface area contributed by atoms with Gasteiger partial charge in [-0.25, -0.2) is 4.98 Å². The highest BCUT2D eigenvalue weighted by Crippen LogP contribution is 2.26. The van der Waals surface area contributed by atoms with Crippen molar-refractivity contribution in [3.8, 4) is 5.69 Å². The Morgan fingerprint density at radius 3 is 2.69 bits per heavy atom. The first-order chi connectivity index (χ1) is 12.9. The SMILES string of the molecule is COCCn1c(SCc2nnnn2-c2ccccc2)nc2ccccc21. The summed E-state index contributed by atoms with van der Waals surface area (Å²) in [5.41, 5.74) is 3.03. The van der Waals surface area contributed by atoms with Crippen LogP contribution in [0.4, 0.5) is 0 Å². The minimum absolute atomic E-state index is 0.623. The van der Waals surface area contributed by atoms with Crippen molar-refractivity contribution in [1.82, 2.24) is 29.8 Å². The van der Waals surface area contributed by atoms with Crippen LogP contribution in [0.15, 0.2) is 59.8 Å². The molecule has 0 spiro atoms. The summed E-state index contributed by atoms with van der Waals surface area (Å²) >= 11 is 1.62. The predicted octanol–water partition coefficient (Wildman–Crippen LogP) is 2.95. The van der Waals surface area contributed by atoms with E-state index in [1.807, 2.05) is 48.5 Å². The third-order valence-electron chi connectivity index (χ3n) is 4.00. The van der Waals surface area contributed by atoms with Crippen LogP contribution in [0.1, 0.15) is 5.82 Å². The van der Waals surface area contributed by atoms with Gasteiger partial charge in [-0.3, -0.25) is 0 Å². The lowest BCUT2D eigenvalue weighted by Crippen LogP contribution is -2.06. The molecule has 0 saturated heterocycles. The maximum Gasteiger partial charge on any atom is 0.169 e. The van der Waals surface area contributed by atoms with Gasteiger partial charge in [-0.1, -0.05) is 42.1 Å². The molecule has 0 fully saturated rings. The first kappa shape index (κ1) is 16.7. The van der Waals surface area contributed by atoms with Gasteiger partial charge in [0.05, 0.1) is 29.1 Å². The lowest BCUT2D eigenvalue weighted by molar-refractivity contribution is 0.186. The van der Waals surface area contributed by atoms with Crippen LogP contribution in [-0.4, -0.2) is 43.5 Å². The van der Waals surface area contributed by atoms with E-state index in [-0.39, 0.29) is 0 Å². The van der Waals surface area contributed by atoms with Crippen molar-refractivity contribution in [1.29, 1.82) is 0 Å². The van der Waals surface area contributed by atoms with Crippen LogP contribution in [0, 0.1) is 0 Å². The van der Waals surface area contributed by atoms with Crippen LogP contribution in [0.2, 0.25) is 0 Å². The number of imidazole rings is 1. The van der Waals surface area contributed by atoms with E-state index in [4.69, 9.17) is 9.72 Å². The molecule has 26 heavy (non-hydrogen) atoms. The summed E-state index contributed by atoms with van der Waals surface area (Å²) < 4.78 is 9.19. The topological polar surface area (TPSA) is 70.7 Å². The van der Waals surface area contributed by atoms with Gasteiger partial charge < -0.3 is 9.30 Å². The number of aromatic nitrogens is 6. The van der Waals surface area contributed by atoms with Crippen molar-refractivity contribution in [3.63, 3.8) is 0 Å². The quantitative estimate of drug-likeness (QED) is 0.468. The highest BCUT2D eigenvalue weighted by atomic mass is 32.2. The van der Waals surface area contributed by atoms with Crippen molar-refractivity contribution in [2.45, 2.75) is 17.5 Å². The van der Waals surface area contributed by atoms with Gasteiger partial charge in [-0.2, -0.15) is 4.68 Å². The van der Waals surface area contributed by atoms with E-state index in [2.05, 4.69) is 26.2 Å². The van der Waals surface area contributed by atoms with E-state index in [0.717, 1.165) is 34.2 Å². The van der Waals surface area contributed by atoms with E-state index in [9.17, 15) is 0 Å². The molecule has 0 atom stereocenters. The zero-order valence-electron chi connectivity index (χ0n) is 14.3. The molecule has 2 aromatic heterocycles. The number of ether oxygens (including phenoxy) is 1. The molecule has 2 aromatic carbocycles. The molecule has 0 aliphatic carbocycles. The second kappa shape index (κ2) is 7.67. The summed E-state index contributed by atoms with van der Waals surface area (Å²) in [5, 5.41) is 13.0. The summed E-state index contributed by atoms with van der Waals surface area (Å²) in [6.45, 7) is 1.39. The normalized spacial score (nSPS) is 11.3. The smallest absolute Gasteiger partial charge is 0.169 e. The fraction of sp³-hybridized carbons (Fsp3) is 0.222. The Hall–Kier alpha value is -2.71. The second-order valence-electron chi connectivity index (χ2n) is 5.66. The van der Waals surface area contributed by atoms with Crippen LogP contribution >= 0.6 is 11.8 Å². The highest BCUT2D eigenvalue weighted by molar-refractivity contribution is 7.98. The van der Waals surface area contributed by atoms with Crippen LogP contribution in [-0.2, 0) is 17.0 Å². The maximum absolute atomic E-state index is 5.25. The van der Waals surface area contributed by atoms with Gasteiger partial charge in [-0.15, -0.1) is 5.10 Å². The standard InChI is InChI=1S/C18H18N6OS/c1-25-12-11-23-16-10-6-5-9-15(16)19-18(23)26-13-17-20-21-22-24(17)14-7-3-2-4-8-14/h2-10H,11-13H2,1H3. The molecule has 4 aromatic rings. The number of fused-ring (bicyclic) bond motifs is 1.